The number of fused-ring (bicyclic) bond motifs is 2. The number of aliphatic hydroxyl groups excluding tert-OH is 1. The second-order valence-corrected chi connectivity index (χ2v) is 8.48. The van der Waals surface area contributed by atoms with Gasteiger partial charge in [0.1, 0.15) is 25.1 Å². The molecule has 4 heterocycles. The highest BCUT2D eigenvalue weighted by Crippen LogP contribution is 2.58. The largest absolute Gasteiger partial charge is 0.488 e. The Bertz CT molecular complexity index is 827. The van der Waals surface area contributed by atoms with Gasteiger partial charge < -0.3 is 21.3 Å². The van der Waals surface area contributed by atoms with Crippen molar-refractivity contribution in [2.24, 2.45) is 5.73 Å². The number of anilines is 1. The van der Waals surface area contributed by atoms with E-state index in [1.165, 1.54) is 18.1 Å². The van der Waals surface area contributed by atoms with Gasteiger partial charge in [-0.1, -0.05) is 11.8 Å². The molecule has 0 aromatic carbocycles. The van der Waals surface area contributed by atoms with E-state index in [1.807, 2.05) is 0 Å². The lowest BCUT2D eigenvalue weighted by Crippen LogP contribution is -2.40. The van der Waals surface area contributed by atoms with Crippen LogP contribution in [0.25, 0.3) is 11.2 Å². The van der Waals surface area contributed by atoms with Gasteiger partial charge in [-0.3, -0.25) is 4.57 Å². The number of nitrogen functional groups attached to an aromatic ring is 1. The fourth-order valence-electron chi connectivity index (χ4n) is 2.97. The van der Waals surface area contributed by atoms with Gasteiger partial charge in [0.05, 0.1) is 0 Å². The molecule has 0 amide bonds. The second-order valence-electron chi connectivity index (χ2n) is 5.82. The summed E-state index contributed by atoms with van der Waals surface area (Å²) in [6, 6.07) is 0. The molecule has 2 aromatic heterocycles. The molecule has 26 heavy (non-hydrogen) atoms. The van der Waals surface area contributed by atoms with Crippen LogP contribution in [0.5, 0.6) is 0 Å². The zero-order valence-electron chi connectivity index (χ0n) is 13.5. The van der Waals surface area contributed by atoms with Crippen molar-refractivity contribution in [3.05, 3.63) is 6.33 Å². The standard InChI is InChI=1S/C12H17BN6O5PS/c13-25(21)22-3-5-8(24-25)7(20)11(23-5)19-10-6(9(15)16-4-17-10)18-12(19)26-2-1-14/h4-5,7-8,11,20-21H,1-3,14H2,(H2,15,16,17)/q+1/t5-,7-,8-,11+,25?/m1/s1. The number of nitrogens with two attached hydrogens (primary N) is 2. The predicted molar refractivity (Wildman–Crippen MR) is 95.1 cm³/mol. The number of thioether (sulfide) groups is 1. The number of hydrogen-bond acceptors (Lipinski definition) is 11. The molecule has 2 fully saturated rings. The average Bonchev–Trinajstić information content (AvgIpc) is 3.11. The van der Waals surface area contributed by atoms with E-state index in [2.05, 4.69) is 15.0 Å². The molecular formula is C12H17BN6O5PS+. The van der Waals surface area contributed by atoms with Gasteiger partial charge in [0.2, 0.25) is 0 Å². The van der Waals surface area contributed by atoms with Gasteiger partial charge in [-0.25, -0.2) is 19.8 Å². The van der Waals surface area contributed by atoms with Gasteiger partial charge in [0, 0.05) is 12.3 Å². The molecule has 138 valence electrons. The number of imidazole rings is 1. The zero-order chi connectivity index (χ0) is 18.5. The molecular weight excluding hydrogens is 382 g/mol. The number of rotatable bonds is 4. The van der Waals surface area contributed by atoms with Crippen LogP contribution in [-0.2, 0) is 13.8 Å². The van der Waals surface area contributed by atoms with Gasteiger partial charge in [-0.2, -0.15) is 9.05 Å². The third-order valence-corrected chi connectivity index (χ3v) is 6.13. The molecule has 2 aliphatic heterocycles. The summed E-state index contributed by atoms with van der Waals surface area (Å²) < 4.78 is 18.0. The Labute approximate surface area is 154 Å². The summed E-state index contributed by atoms with van der Waals surface area (Å²) in [6.07, 6.45) is -2.11. The molecule has 11 nitrogen and oxygen atoms in total. The SMILES string of the molecule is [B][P+]1(O)OC[C@H]2O[C@H](n3c(SCCN)nc4c(N)ncnc43)[C@H](O)[C@@H]2O1. The van der Waals surface area contributed by atoms with Crippen LogP contribution in [0.3, 0.4) is 0 Å². The van der Waals surface area contributed by atoms with Crippen LogP contribution >= 0.6 is 19.6 Å². The van der Waals surface area contributed by atoms with E-state index in [4.69, 9.17) is 32.8 Å². The van der Waals surface area contributed by atoms with Crippen LogP contribution < -0.4 is 11.5 Å². The molecule has 4 rings (SSSR count). The van der Waals surface area contributed by atoms with Crippen LogP contribution in [0.15, 0.2) is 11.5 Å². The number of aliphatic hydroxyl groups is 1. The molecule has 2 radical (unpaired) electrons. The van der Waals surface area contributed by atoms with Crippen LogP contribution in [0.1, 0.15) is 6.23 Å². The van der Waals surface area contributed by atoms with Crippen molar-refractivity contribution in [3.8, 4) is 0 Å². The van der Waals surface area contributed by atoms with E-state index < -0.39 is 32.4 Å². The molecule has 2 saturated heterocycles. The van der Waals surface area contributed by atoms with E-state index in [1.54, 1.807) is 4.57 Å². The molecule has 2 aromatic rings. The number of hydrogen-bond donors (Lipinski definition) is 4. The van der Waals surface area contributed by atoms with Crippen molar-refractivity contribution >= 4 is 44.1 Å². The maximum atomic E-state index is 10.8. The lowest BCUT2D eigenvalue weighted by molar-refractivity contribution is -0.0628. The minimum atomic E-state index is -3.46. The fraction of sp³-hybridized carbons (Fsp3) is 0.583. The average molecular weight is 399 g/mol. The predicted octanol–water partition coefficient (Wildman–Crippen LogP) is -1.03. The van der Waals surface area contributed by atoms with Gasteiger partial charge in [-0.15, -0.1) is 0 Å². The lowest BCUT2D eigenvalue weighted by atomic mass is 10.1. The van der Waals surface area contributed by atoms with Crippen molar-refractivity contribution in [3.63, 3.8) is 0 Å². The Balaban J connectivity index is 1.75. The van der Waals surface area contributed by atoms with Crippen LogP contribution in [0.4, 0.5) is 5.82 Å². The minimum absolute atomic E-state index is 0.00797. The summed E-state index contributed by atoms with van der Waals surface area (Å²) in [5, 5.41) is 11.3. The Hall–Kier alpha value is -1.05. The van der Waals surface area contributed by atoms with Crippen LogP contribution in [-0.4, -0.2) is 74.3 Å². The van der Waals surface area contributed by atoms with E-state index in [9.17, 15) is 10.00 Å². The molecule has 1 unspecified atom stereocenters. The highest BCUT2D eigenvalue weighted by atomic mass is 32.2. The molecule has 0 aliphatic carbocycles. The summed E-state index contributed by atoms with van der Waals surface area (Å²) in [5.74, 6) is 0.815. The van der Waals surface area contributed by atoms with Gasteiger partial charge in [0.15, 0.2) is 34.5 Å². The van der Waals surface area contributed by atoms with Gasteiger partial charge in [-0.05, 0) is 0 Å². The van der Waals surface area contributed by atoms with Crippen molar-refractivity contribution in [2.45, 2.75) is 29.7 Å². The van der Waals surface area contributed by atoms with E-state index >= 15 is 0 Å². The van der Waals surface area contributed by atoms with Crippen molar-refractivity contribution < 1.29 is 23.8 Å². The highest BCUT2D eigenvalue weighted by molar-refractivity contribution is 7.99. The minimum Gasteiger partial charge on any atom is -0.385 e. The summed E-state index contributed by atoms with van der Waals surface area (Å²) in [4.78, 5) is 22.5. The normalized spacial score (nSPS) is 34.3. The highest BCUT2D eigenvalue weighted by Gasteiger charge is 2.57. The first-order chi connectivity index (χ1) is 12.4. The zero-order valence-corrected chi connectivity index (χ0v) is 15.2. The van der Waals surface area contributed by atoms with Gasteiger partial charge >= 0.3 is 15.4 Å². The Morgan fingerprint density at radius 3 is 3.04 bits per heavy atom. The Morgan fingerprint density at radius 1 is 1.46 bits per heavy atom. The first-order valence-electron chi connectivity index (χ1n) is 7.79. The summed E-state index contributed by atoms with van der Waals surface area (Å²) in [7, 11) is 2.08. The third kappa shape index (κ3) is 3.08. The Morgan fingerprint density at radius 2 is 2.27 bits per heavy atom. The maximum absolute atomic E-state index is 10.8. The molecule has 0 saturated carbocycles. The Kier molecular flexibility index (Phi) is 4.82. The number of aromatic nitrogens is 4. The third-order valence-electron chi connectivity index (χ3n) is 4.08. The van der Waals surface area contributed by atoms with E-state index in [-0.39, 0.29) is 12.4 Å². The van der Waals surface area contributed by atoms with Crippen LogP contribution in [0, 0.1) is 0 Å². The van der Waals surface area contributed by atoms with E-state index in [0.717, 1.165) is 0 Å². The van der Waals surface area contributed by atoms with Crippen molar-refractivity contribution in [1.82, 2.24) is 19.5 Å². The molecule has 6 N–H and O–H groups in total. The number of ether oxygens (including phenoxy) is 1. The second kappa shape index (κ2) is 6.84. The molecule has 2 aliphatic rings. The van der Waals surface area contributed by atoms with Crippen LogP contribution in [0.2, 0.25) is 0 Å². The smallest absolute Gasteiger partial charge is 0.385 e. The quantitative estimate of drug-likeness (QED) is 0.282. The summed E-state index contributed by atoms with van der Waals surface area (Å²) >= 11 is 1.38. The topological polar surface area (TPSA) is 164 Å². The summed E-state index contributed by atoms with van der Waals surface area (Å²) in [6.45, 7) is 0.448. The first kappa shape index (κ1) is 18.3. The van der Waals surface area contributed by atoms with Crippen molar-refractivity contribution in [2.75, 3.05) is 24.6 Å². The molecule has 0 spiro atoms. The fourth-order valence-corrected chi connectivity index (χ4v) is 4.79. The summed E-state index contributed by atoms with van der Waals surface area (Å²) in [5.41, 5.74) is 12.3. The number of nitrogens with zero attached hydrogens (tertiary/aromatic N) is 4. The maximum Gasteiger partial charge on any atom is 0.488 e. The van der Waals surface area contributed by atoms with Gasteiger partial charge in [0.25, 0.3) is 0 Å². The lowest BCUT2D eigenvalue weighted by Gasteiger charge is -2.27. The van der Waals surface area contributed by atoms with E-state index in [0.29, 0.717) is 28.6 Å². The molecule has 5 atom stereocenters. The first-order valence-corrected chi connectivity index (χ1v) is 10.4. The molecule has 14 heteroatoms. The monoisotopic (exact) mass is 399 g/mol. The van der Waals surface area contributed by atoms with Crippen molar-refractivity contribution in [1.29, 1.82) is 0 Å². The molecule has 0 bridgehead atoms.